The van der Waals surface area contributed by atoms with Gasteiger partial charge in [-0.1, -0.05) is 34.4 Å². The maximum Gasteiger partial charge on any atom is 0.138 e. The van der Waals surface area contributed by atoms with Crippen molar-refractivity contribution < 1.29 is 4.84 Å². The molecule has 1 unspecified atom stereocenters. The molecule has 1 heterocycles. The Kier molecular flexibility index (Phi) is 3.14. The molecule has 0 saturated heterocycles. The maximum atomic E-state index is 5.93. The molecule has 0 spiro atoms. The number of halogens is 2. The van der Waals surface area contributed by atoms with Crippen LogP contribution in [0.5, 0.6) is 0 Å². The zero-order valence-corrected chi connectivity index (χ0v) is 9.64. The topological polar surface area (TPSA) is 33.6 Å². The standard InChI is InChI=1S/C10H10Cl2N2O/c1-13-9-5-15-14-10(9)6-2-3-7(11)8(12)4-6/h2-4,9,13H,5H2,1H3. The van der Waals surface area contributed by atoms with Crippen LogP contribution in [-0.2, 0) is 4.84 Å². The number of nitrogens with one attached hydrogen (secondary N) is 1. The van der Waals surface area contributed by atoms with Crippen LogP contribution < -0.4 is 5.32 Å². The predicted molar refractivity (Wildman–Crippen MR) is 61.8 cm³/mol. The third kappa shape index (κ3) is 2.09. The van der Waals surface area contributed by atoms with Gasteiger partial charge in [-0.2, -0.15) is 0 Å². The van der Waals surface area contributed by atoms with Crippen molar-refractivity contribution in [2.45, 2.75) is 6.04 Å². The van der Waals surface area contributed by atoms with E-state index in [1.807, 2.05) is 13.1 Å². The highest BCUT2D eigenvalue weighted by Crippen LogP contribution is 2.24. The van der Waals surface area contributed by atoms with Crippen LogP contribution in [0.2, 0.25) is 10.0 Å². The molecule has 1 N–H and O–H groups in total. The quantitative estimate of drug-likeness (QED) is 0.867. The van der Waals surface area contributed by atoms with Gasteiger partial charge in [0.05, 0.1) is 16.1 Å². The summed E-state index contributed by atoms with van der Waals surface area (Å²) in [6.07, 6.45) is 0. The minimum Gasteiger partial charge on any atom is -0.393 e. The molecule has 0 aromatic heterocycles. The van der Waals surface area contributed by atoms with Crippen molar-refractivity contribution in [3.63, 3.8) is 0 Å². The molecule has 15 heavy (non-hydrogen) atoms. The van der Waals surface area contributed by atoms with Gasteiger partial charge in [0.15, 0.2) is 0 Å². The van der Waals surface area contributed by atoms with Gasteiger partial charge < -0.3 is 10.2 Å². The molecule has 0 fully saturated rings. The van der Waals surface area contributed by atoms with Crippen molar-refractivity contribution in [1.29, 1.82) is 0 Å². The molecule has 2 rings (SSSR count). The Morgan fingerprint density at radius 2 is 2.20 bits per heavy atom. The van der Waals surface area contributed by atoms with Gasteiger partial charge in [0.25, 0.3) is 0 Å². The molecule has 1 atom stereocenters. The number of nitrogens with zero attached hydrogens (tertiary/aromatic N) is 1. The monoisotopic (exact) mass is 244 g/mol. The lowest BCUT2D eigenvalue weighted by molar-refractivity contribution is 0.162. The van der Waals surface area contributed by atoms with Crippen LogP contribution in [0.3, 0.4) is 0 Å². The van der Waals surface area contributed by atoms with Crippen LogP contribution in [0.4, 0.5) is 0 Å². The van der Waals surface area contributed by atoms with Gasteiger partial charge in [-0.25, -0.2) is 0 Å². The Labute approximate surface area is 98.0 Å². The number of hydrogen-bond donors (Lipinski definition) is 1. The molecule has 0 aliphatic carbocycles. The summed E-state index contributed by atoms with van der Waals surface area (Å²) in [6, 6.07) is 5.54. The molecule has 80 valence electrons. The van der Waals surface area contributed by atoms with Crippen molar-refractivity contribution >= 4 is 28.9 Å². The van der Waals surface area contributed by atoms with Gasteiger partial charge in [-0.15, -0.1) is 0 Å². The number of rotatable bonds is 2. The van der Waals surface area contributed by atoms with Crippen LogP contribution >= 0.6 is 23.2 Å². The summed E-state index contributed by atoms with van der Waals surface area (Å²) in [7, 11) is 1.87. The number of oxime groups is 1. The van der Waals surface area contributed by atoms with Crippen LogP contribution in [0.25, 0.3) is 0 Å². The number of hydrogen-bond acceptors (Lipinski definition) is 3. The van der Waals surface area contributed by atoms with E-state index in [1.54, 1.807) is 12.1 Å². The fraction of sp³-hybridized carbons (Fsp3) is 0.300. The van der Waals surface area contributed by atoms with Gasteiger partial charge in [0, 0.05) is 5.56 Å². The molecule has 1 aliphatic rings. The molecule has 1 aromatic carbocycles. The van der Waals surface area contributed by atoms with E-state index >= 15 is 0 Å². The fourth-order valence-corrected chi connectivity index (χ4v) is 1.75. The minimum atomic E-state index is 0.113. The molecule has 1 aromatic rings. The van der Waals surface area contributed by atoms with E-state index in [9.17, 15) is 0 Å². The Hall–Kier alpha value is -0.770. The Morgan fingerprint density at radius 3 is 2.87 bits per heavy atom. The van der Waals surface area contributed by atoms with Crippen LogP contribution in [0.15, 0.2) is 23.4 Å². The average Bonchev–Trinajstić information content (AvgIpc) is 2.70. The lowest BCUT2D eigenvalue weighted by Crippen LogP contribution is -2.34. The van der Waals surface area contributed by atoms with Gasteiger partial charge in [0.2, 0.25) is 0 Å². The molecule has 0 radical (unpaired) electrons. The van der Waals surface area contributed by atoms with Gasteiger partial charge in [-0.3, -0.25) is 0 Å². The summed E-state index contributed by atoms with van der Waals surface area (Å²) in [5.41, 5.74) is 1.79. The van der Waals surface area contributed by atoms with Crippen molar-refractivity contribution in [3.05, 3.63) is 33.8 Å². The molecular weight excluding hydrogens is 235 g/mol. The van der Waals surface area contributed by atoms with Crippen molar-refractivity contribution in [2.24, 2.45) is 5.16 Å². The number of benzene rings is 1. The van der Waals surface area contributed by atoms with E-state index in [0.29, 0.717) is 16.7 Å². The third-order valence-electron chi connectivity index (χ3n) is 2.30. The minimum absolute atomic E-state index is 0.113. The second-order valence-electron chi connectivity index (χ2n) is 3.24. The number of likely N-dealkylation sites (N-methyl/N-ethyl adjacent to an activating group) is 1. The first-order valence-electron chi connectivity index (χ1n) is 4.55. The first kappa shape index (κ1) is 10.7. The Morgan fingerprint density at radius 1 is 1.40 bits per heavy atom. The van der Waals surface area contributed by atoms with E-state index in [2.05, 4.69) is 10.5 Å². The summed E-state index contributed by atoms with van der Waals surface area (Å²) in [4.78, 5) is 5.03. The van der Waals surface area contributed by atoms with Crippen molar-refractivity contribution in [3.8, 4) is 0 Å². The second-order valence-corrected chi connectivity index (χ2v) is 4.06. The highest BCUT2D eigenvalue weighted by Gasteiger charge is 2.23. The fourth-order valence-electron chi connectivity index (χ4n) is 1.45. The molecular formula is C10H10Cl2N2O. The zero-order valence-electron chi connectivity index (χ0n) is 8.13. The van der Waals surface area contributed by atoms with Crippen molar-refractivity contribution in [1.82, 2.24) is 5.32 Å². The lowest BCUT2D eigenvalue weighted by Gasteiger charge is -2.09. The summed E-state index contributed by atoms with van der Waals surface area (Å²) in [5.74, 6) is 0. The summed E-state index contributed by atoms with van der Waals surface area (Å²) in [6.45, 7) is 0.548. The van der Waals surface area contributed by atoms with Crippen LogP contribution in [-0.4, -0.2) is 25.4 Å². The molecule has 0 saturated carbocycles. The molecule has 0 amide bonds. The van der Waals surface area contributed by atoms with Gasteiger partial charge in [0.1, 0.15) is 12.3 Å². The second kappa shape index (κ2) is 4.39. The Bertz CT molecular complexity index is 406. The highest BCUT2D eigenvalue weighted by atomic mass is 35.5. The van der Waals surface area contributed by atoms with Crippen molar-refractivity contribution in [2.75, 3.05) is 13.7 Å². The summed E-state index contributed by atoms with van der Waals surface area (Å²) < 4.78 is 0. The predicted octanol–water partition coefficient (Wildman–Crippen LogP) is 2.32. The molecule has 3 nitrogen and oxygen atoms in total. The lowest BCUT2D eigenvalue weighted by atomic mass is 10.0. The normalized spacial score (nSPS) is 19.9. The van der Waals surface area contributed by atoms with E-state index < -0.39 is 0 Å². The van der Waals surface area contributed by atoms with Crippen LogP contribution in [0.1, 0.15) is 5.56 Å². The molecule has 1 aliphatic heterocycles. The van der Waals surface area contributed by atoms with Crippen LogP contribution in [0, 0.1) is 0 Å². The maximum absolute atomic E-state index is 5.93. The molecule has 0 bridgehead atoms. The van der Waals surface area contributed by atoms with E-state index in [4.69, 9.17) is 28.0 Å². The van der Waals surface area contributed by atoms with E-state index in [0.717, 1.165) is 11.3 Å². The molecule has 5 heteroatoms. The SMILES string of the molecule is CNC1CON=C1c1ccc(Cl)c(Cl)c1. The zero-order chi connectivity index (χ0) is 10.8. The van der Waals surface area contributed by atoms with E-state index in [-0.39, 0.29) is 6.04 Å². The third-order valence-corrected chi connectivity index (χ3v) is 3.04. The van der Waals surface area contributed by atoms with Gasteiger partial charge in [-0.05, 0) is 19.2 Å². The smallest absolute Gasteiger partial charge is 0.138 e. The first-order chi connectivity index (χ1) is 7.22. The summed E-state index contributed by atoms with van der Waals surface area (Å²) >= 11 is 11.8. The first-order valence-corrected chi connectivity index (χ1v) is 5.30. The van der Waals surface area contributed by atoms with Gasteiger partial charge >= 0.3 is 0 Å². The van der Waals surface area contributed by atoms with E-state index in [1.165, 1.54) is 0 Å². The highest BCUT2D eigenvalue weighted by molar-refractivity contribution is 6.42. The summed E-state index contributed by atoms with van der Waals surface area (Å²) in [5, 5.41) is 8.17. The Balaban J connectivity index is 2.33. The largest absolute Gasteiger partial charge is 0.393 e. The average molecular weight is 245 g/mol.